The second-order valence-corrected chi connectivity index (χ2v) is 3.37. The first-order valence-corrected chi connectivity index (χ1v) is 4.09. The van der Waals surface area contributed by atoms with Crippen molar-refractivity contribution in [2.24, 2.45) is 0 Å². The number of hydrogen-bond donors (Lipinski definition) is 0. The minimum atomic E-state index is 1.17. The fourth-order valence-corrected chi connectivity index (χ4v) is 2.17. The molecular weight excluding hydrogens is 128 g/mol. The van der Waals surface area contributed by atoms with Crippen molar-refractivity contribution < 1.29 is 0 Å². The highest BCUT2D eigenvalue weighted by Crippen LogP contribution is 2.38. The minimum absolute atomic E-state index is 1.17. The van der Waals surface area contributed by atoms with Crippen molar-refractivity contribution in [1.29, 1.82) is 0 Å². The van der Waals surface area contributed by atoms with Crippen LogP contribution in [0.2, 0.25) is 0 Å². The van der Waals surface area contributed by atoms with Gasteiger partial charge in [0.05, 0.1) is 0 Å². The molecule has 0 unspecified atom stereocenters. The predicted molar refractivity (Wildman–Crippen MR) is 42.4 cm³/mol. The van der Waals surface area contributed by atoms with E-state index in [1.807, 2.05) is 11.8 Å². The van der Waals surface area contributed by atoms with Crippen molar-refractivity contribution in [2.45, 2.75) is 6.92 Å². The summed E-state index contributed by atoms with van der Waals surface area (Å²) in [5, 5.41) is 0. The molecule has 0 N–H and O–H groups in total. The van der Waals surface area contributed by atoms with Gasteiger partial charge in [-0.1, -0.05) is 12.2 Å². The molecule has 0 atom stereocenters. The standard InChI is InChI=1S/C8H8S/c1-6-2-3-8-7(6)4-5-9-8/h2-4H,5H2,1H3. The summed E-state index contributed by atoms with van der Waals surface area (Å²) in [6.45, 7) is 2.17. The first-order valence-electron chi connectivity index (χ1n) is 3.10. The van der Waals surface area contributed by atoms with Crippen LogP contribution in [0, 0.1) is 0 Å². The van der Waals surface area contributed by atoms with E-state index in [2.05, 4.69) is 25.2 Å². The molecule has 0 saturated carbocycles. The summed E-state index contributed by atoms with van der Waals surface area (Å²) >= 11 is 1.93. The van der Waals surface area contributed by atoms with Gasteiger partial charge in [-0.25, -0.2) is 0 Å². The van der Waals surface area contributed by atoms with Gasteiger partial charge in [-0.2, -0.15) is 0 Å². The van der Waals surface area contributed by atoms with E-state index in [-0.39, 0.29) is 0 Å². The molecular formula is C8H8S. The summed E-state index contributed by atoms with van der Waals surface area (Å²) in [6.07, 6.45) is 6.70. The molecule has 0 aromatic heterocycles. The zero-order valence-corrected chi connectivity index (χ0v) is 6.16. The molecule has 0 amide bonds. The first-order chi connectivity index (χ1) is 4.38. The Morgan fingerprint density at radius 3 is 3.11 bits per heavy atom. The highest BCUT2D eigenvalue weighted by Gasteiger charge is 2.15. The van der Waals surface area contributed by atoms with Crippen molar-refractivity contribution in [3.8, 4) is 0 Å². The maximum Gasteiger partial charge on any atom is 0.0170 e. The second kappa shape index (κ2) is 1.77. The monoisotopic (exact) mass is 136 g/mol. The Hall–Kier alpha value is -0.430. The van der Waals surface area contributed by atoms with E-state index in [0.29, 0.717) is 0 Å². The van der Waals surface area contributed by atoms with Crippen LogP contribution in [0.15, 0.2) is 34.3 Å². The molecule has 0 saturated heterocycles. The Bertz CT molecular complexity index is 231. The van der Waals surface area contributed by atoms with Gasteiger partial charge in [-0.05, 0) is 24.1 Å². The van der Waals surface area contributed by atoms with Gasteiger partial charge in [-0.15, -0.1) is 11.8 Å². The molecule has 0 nitrogen and oxygen atoms in total. The largest absolute Gasteiger partial charge is 0.121 e. The highest BCUT2D eigenvalue weighted by molar-refractivity contribution is 8.03. The van der Waals surface area contributed by atoms with Crippen molar-refractivity contribution in [3.05, 3.63) is 34.3 Å². The van der Waals surface area contributed by atoms with Crippen molar-refractivity contribution in [2.75, 3.05) is 5.75 Å². The fraction of sp³-hybridized carbons (Fsp3) is 0.250. The van der Waals surface area contributed by atoms with Gasteiger partial charge in [0.15, 0.2) is 0 Å². The predicted octanol–water partition coefficient (Wildman–Crippen LogP) is 2.50. The van der Waals surface area contributed by atoms with Crippen LogP contribution in [0.1, 0.15) is 6.92 Å². The highest BCUT2D eigenvalue weighted by atomic mass is 32.2. The maximum absolute atomic E-state index is 2.30. The van der Waals surface area contributed by atoms with Gasteiger partial charge in [0, 0.05) is 10.7 Å². The maximum atomic E-state index is 2.30. The molecule has 0 aromatic carbocycles. The van der Waals surface area contributed by atoms with Gasteiger partial charge >= 0.3 is 0 Å². The lowest BCUT2D eigenvalue weighted by molar-refractivity contribution is 1.46. The van der Waals surface area contributed by atoms with Crippen LogP contribution >= 0.6 is 11.8 Å². The number of thioether (sulfide) groups is 1. The normalized spacial score (nSPS) is 23.0. The Morgan fingerprint density at radius 1 is 1.44 bits per heavy atom. The minimum Gasteiger partial charge on any atom is -0.121 e. The SMILES string of the molecule is CC1=CC=C2SCC=C12. The van der Waals surface area contributed by atoms with E-state index in [1.54, 1.807) is 0 Å². The summed E-state index contributed by atoms with van der Waals surface area (Å²) in [6, 6.07) is 0. The van der Waals surface area contributed by atoms with E-state index in [9.17, 15) is 0 Å². The topological polar surface area (TPSA) is 0 Å². The van der Waals surface area contributed by atoms with Gasteiger partial charge in [0.2, 0.25) is 0 Å². The lowest BCUT2D eigenvalue weighted by Crippen LogP contribution is -1.73. The Labute approximate surface area is 59.3 Å². The van der Waals surface area contributed by atoms with E-state index in [0.717, 1.165) is 0 Å². The molecule has 0 fully saturated rings. The van der Waals surface area contributed by atoms with E-state index >= 15 is 0 Å². The first kappa shape index (κ1) is 5.36. The molecule has 2 rings (SSSR count). The van der Waals surface area contributed by atoms with Crippen LogP contribution in [0.3, 0.4) is 0 Å². The molecule has 9 heavy (non-hydrogen) atoms. The van der Waals surface area contributed by atoms with Gasteiger partial charge in [-0.3, -0.25) is 0 Å². The third-order valence-electron chi connectivity index (χ3n) is 1.70. The van der Waals surface area contributed by atoms with Gasteiger partial charge < -0.3 is 0 Å². The smallest absolute Gasteiger partial charge is 0.0170 e. The van der Waals surface area contributed by atoms with Gasteiger partial charge in [0.25, 0.3) is 0 Å². The summed E-state index contributed by atoms with van der Waals surface area (Å²) in [4.78, 5) is 1.47. The summed E-state index contributed by atoms with van der Waals surface area (Å²) in [5.74, 6) is 1.17. The molecule has 1 heteroatoms. The van der Waals surface area contributed by atoms with Crippen molar-refractivity contribution in [3.63, 3.8) is 0 Å². The molecule has 1 aliphatic carbocycles. The number of rotatable bonds is 0. The van der Waals surface area contributed by atoms with Crippen LogP contribution in [-0.2, 0) is 0 Å². The van der Waals surface area contributed by atoms with E-state index < -0.39 is 0 Å². The number of allylic oxidation sites excluding steroid dienone is 4. The quantitative estimate of drug-likeness (QED) is 0.493. The average molecular weight is 136 g/mol. The summed E-state index contributed by atoms with van der Waals surface area (Å²) < 4.78 is 0. The van der Waals surface area contributed by atoms with Crippen LogP contribution in [0.5, 0.6) is 0 Å². The average Bonchev–Trinajstić information content (AvgIpc) is 2.35. The zero-order chi connectivity index (χ0) is 6.27. The van der Waals surface area contributed by atoms with Crippen LogP contribution in [0.4, 0.5) is 0 Å². The molecule has 0 radical (unpaired) electrons. The lowest BCUT2D eigenvalue weighted by Gasteiger charge is -1.94. The van der Waals surface area contributed by atoms with Crippen LogP contribution in [-0.4, -0.2) is 5.75 Å². The molecule has 1 heterocycles. The van der Waals surface area contributed by atoms with Gasteiger partial charge in [0.1, 0.15) is 0 Å². The Balaban J connectivity index is 2.46. The van der Waals surface area contributed by atoms with Crippen LogP contribution < -0.4 is 0 Å². The fourth-order valence-electron chi connectivity index (χ4n) is 1.18. The molecule has 2 aliphatic rings. The Kier molecular flexibility index (Phi) is 1.06. The number of fused-ring (bicyclic) bond motifs is 1. The van der Waals surface area contributed by atoms with E-state index in [4.69, 9.17) is 0 Å². The molecule has 0 spiro atoms. The van der Waals surface area contributed by atoms with Crippen LogP contribution in [0.25, 0.3) is 0 Å². The van der Waals surface area contributed by atoms with E-state index in [1.165, 1.54) is 21.8 Å². The third-order valence-corrected chi connectivity index (χ3v) is 2.70. The number of hydrogen-bond acceptors (Lipinski definition) is 1. The molecule has 1 aliphatic heterocycles. The lowest BCUT2D eigenvalue weighted by atomic mass is 10.1. The zero-order valence-electron chi connectivity index (χ0n) is 5.35. The Morgan fingerprint density at radius 2 is 2.33 bits per heavy atom. The third kappa shape index (κ3) is 0.681. The second-order valence-electron chi connectivity index (χ2n) is 2.31. The summed E-state index contributed by atoms with van der Waals surface area (Å²) in [7, 11) is 0. The molecule has 0 aromatic rings. The van der Waals surface area contributed by atoms with Crippen molar-refractivity contribution in [1.82, 2.24) is 0 Å². The molecule has 0 bridgehead atoms. The van der Waals surface area contributed by atoms with Crippen molar-refractivity contribution >= 4 is 11.8 Å². The summed E-state index contributed by atoms with van der Waals surface area (Å²) in [5.41, 5.74) is 2.90. The molecule has 46 valence electrons.